The summed E-state index contributed by atoms with van der Waals surface area (Å²) in [5, 5.41) is 7.44. The smallest absolute Gasteiger partial charge is 0.264 e. The second-order valence-electron chi connectivity index (χ2n) is 2.82. The molecule has 0 amide bonds. The molecule has 1 heterocycles. The van der Waals surface area contributed by atoms with Crippen molar-refractivity contribution >= 4 is 10.1 Å². The fraction of sp³-hybridized carbons (Fsp3) is 0.667. The van der Waals surface area contributed by atoms with Crippen LogP contribution < -0.4 is 5.73 Å². The predicted molar refractivity (Wildman–Crippen MR) is 48.9 cm³/mol. The van der Waals surface area contributed by atoms with E-state index in [-0.39, 0.29) is 5.75 Å². The van der Waals surface area contributed by atoms with Gasteiger partial charge in [-0.05, 0) is 6.42 Å². The molecule has 0 spiro atoms. The lowest BCUT2D eigenvalue weighted by Gasteiger charge is -1.97. The van der Waals surface area contributed by atoms with Crippen molar-refractivity contribution in [1.29, 1.82) is 0 Å². The zero-order chi connectivity index (χ0) is 10.6. The molecule has 8 heteroatoms. The minimum atomic E-state index is -3.88. The predicted octanol–water partition coefficient (Wildman–Crippen LogP) is -0.985. The molecule has 1 aromatic heterocycles. The largest absolute Gasteiger partial charge is 0.325 e. The second-order valence-corrected chi connectivity index (χ2v) is 4.39. The molecule has 0 saturated heterocycles. The highest BCUT2D eigenvalue weighted by Gasteiger charge is 2.04. The molecule has 0 aliphatic heterocycles. The number of hydrogen-bond donors (Lipinski definition) is 2. The zero-order valence-corrected chi connectivity index (χ0v) is 8.31. The molecule has 0 bridgehead atoms. The molecule has 1 aromatic rings. The first-order chi connectivity index (χ1) is 6.51. The van der Waals surface area contributed by atoms with Crippen LogP contribution in [0.3, 0.4) is 0 Å². The monoisotopic (exact) mass is 220 g/mol. The highest BCUT2D eigenvalue weighted by molar-refractivity contribution is 7.85. The van der Waals surface area contributed by atoms with Gasteiger partial charge in [-0.2, -0.15) is 8.42 Å². The van der Waals surface area contributed by atoms with E-state index in [0.717, 1.165) is 0 Å². The lowest BCUT2D eigenvalue weighted by Crippen LogP contribution is -2.08. The highest BCUT2D eigenvalue weighted by atomic mass is 32.2. The number of aromatic nitrogens is 3. The van der Waals surface area contributed by atoms with E-state index in [2.05, 4.69) is 10.3 Å². The summed E-state index contributed by atoms with van der Waals surface area (Å²) >= 11 is 0. The van der Waals surface area contributed by atoms with Gasteiger partial charge in [-0.15, -0.1) is 5.10 Å². The molecule has 0 aliphatic carbocycles. The Bertz CT molecular complexity index is 386. The van der Waals surface area contributed by atoms with Crippen molar-refractivity contribution in [3.63, 3.8) is 0 Å². The van der Waals surface area contributed by atoms with Gasteiger partial charge in [0.2, 0.25) is 0 Å². The van der Waals surface area contributed by atoms with Crippen LogP contribution in [0.4, 0.5) is 0 Å². The van der Waals surface area contributed by atoms with Gasteiger partial charge in [0.05, 0.1) is 11.4 Å². The summed E-state index contributed by atoms with van der Waals surface area (Å²) in [4.78, 5) is 0. The number of hydrogen-bond acceptors (Lipinski definition) is 5. The van der Waals surface area contributed by atoms with Crippen LogP contribution in [0.5, 0.6) is 0 Å². The molecule has 0 unspecified atom stereocenters. The third-order valence-electron chi connectivity index (χ3n) is 1.58. The number of nitrogens with zero attached hydrogens (tertiary/aromatic N) is 3. The number of nitrogens with two attached hydrogens (primary N) is 1. The maximum absolute atomic E-state index is 10.4. The second kappa shape index (κ2) is 4.49. The van der Waals surface area contributed by atoms with E-state index in [9.17, 15) is 8.42 Å². The molecule has 0 radical (unpaired) electrons. The summed E-state index contributed by atoms with van der Waals surface area (Å²) in [6, 6.07) is 0. The van der Waals surface area contributed by atoms with Gasteiger partial charge in [-0.25, -0.2) is 0 Å². The maximum Gasteiger partial charge on any atom is 0.264 e. The third-order valence-corrected chi connectivity index (χ3v) is 2.39. The van der Waals surface area contributed by atoms with Gasteiger partial charge in [0.15, 0.2) is 0 Å². The van der Waals surface area contributed by atoms with Gasteiger partial charge < -0.3 is 5.73 Å². The molecule has 0 atom stereocenters. The van der Waals surface area contributed by atoms with E-state index in [1.54, 1.807) is 6.20 Å². The van der Waals surface area contributed by atoms with Gasteiger partial charge in [0.1, 0.15) is 0 Å². The van der Waals surface area contributed by atoms with Crippen molar-refractivity contribution in [2.45, 2.75) is 19.5 Å². The van der Waals surface area contributed by atoms with E-state index in [1.807, 2.05) is 0 Å². The Kier molecular flexibility index (Phi) is 3.55. The van der Waals surface area contributed by atoms with E-state index >= 15 is 0 Å². The lowest BCUT2D eigenvalue weighted by atomic mass is 10.4. The van der Waals surface area contributed by atoms with Crippen LogP contribution in [0.1, 0.15) is 12.1 Å². The molecule has 1 rings (SSSR count). The van der Waals surface area contributed by atoms with Crippen molar-refractivity contribution in [2.75, 3.05) is 5.75 Å². The molecule has 3 N–H and O–H groups in total. The molecular weight excluding hydrogens is 208 g/mol. The van der Waals surface area contributed by atoms with Crippen LogP contribution >= 0.6 is 0 Å². The Hall–Kier alpha value is -0.990. The Morgan fingerprint density at radius 3 is 2.79 bits per heavy atom. The van der Waals surface area contributed by atoms with Crippen molar-refractivity contribution in [2.24, 2.45) is 5.73 Å². The fourth-order valence-electron chi connectivity index (χ4n) is 0.950. The zero-order valence-electron chi connectivity index (χ0n) is 7.50. The quantitative estimate of drug-likeness (QED) is 0.616. The Morgan fingerprint density at radius 2 is 2.29 bits per heavy atom. The van der Waals surface area contributed by atoms with Crippen LogP contribution in [-0.4, -0.2) is 33.7 Å². The Balaban J connectivity index is 2.39. The summed E-state index contributed by atoms with van der Waals surface area (Å²) in [6.07, 6.45) is 1.94. The minimum absolute atomic E-state index is 0.273. The van der Waals surface area contributed by atoms with Crippen LogP contribution in [0, 0.1) is 0 Å². The summed E-state index contributed by atoms with van der Waals surface area (Å²) in [5.41, 5.74) is 5.96. The average molecular weight is 220 g/mol. The summed E-state index contributed by atoms with van der Waals surface area (Å²) in [7, 11) is -3.88. The highest BCUT2D eigenvalue weighted by Crippen LogP contribution is 1.95. The standard InChI is InChI=1S/C6H12N4O3S/c7-4-6-5-10(9-8-6)2-1-3-14(11,12)13/h5H,1-4,7H2,(H,11,12,13). The summed E-state index contributed by atoms with van der Waals surface area (Å²) in [6.45, 7) is 0.699. The van der Waals surface area contributed by atoms with Crippen molar-refractivity contribution in [3.05, 3.63) is 11.9 Å². The summed E-state index contributed by atoms with van der Waals surface area (Å²) < 4.78 is 30.7. The topological polar surface area (TPSA) is 111 Å². The van der Waals surface area contributed by atoms with Crippen LogP contribution in [0.2, 0.25) is 0 Å². The van der Waals surface area contributed by atoms with Gasteiger partial charge >= 0.3 is 0 Å². The fourth-order valence-corrected chi connectivity index (χ4v) is 1.44. The molecule has 7 nitrogen and oxygen atoms in total. The Labute approximate surface area is 81.7 Å². The molecule has 0 aromatic carbocycles. The first kappa shape index (κ1) is 11.1. The molecule has 0 fully saturated rings. The SMILES string of the molecule is NCc1cn(CCCS(=O)(=O)O)nn1. The van der Waals surface area contributed by atoms with Crippen LogP contribution in [0.25, 0.3) is 0 Å². The lowest BCUT2D eigenvalue weighted by molar-refractivity contribution is 0.475. The van der Waals surface area contributed by atoms with Crippen LogP contribution in [0.15, 0.2) is 6.20 Å². The maximum atomic E-state index is 10.4. The van der Waals surface area contributed by atoms with Crippen molar-refractivity contribution < 1.29 is 13.0 Å². The van der Waals surface area contributed by atoms with Gasteiger partial charge in [-0.3, -0.25) is 9.23 Å². The van der Waals surface area contributed by atoms with Gasteiger partial charge in [-0.1, -0.05) is 5.21 Å². The van der Waals surface area contributed by atoms with Crippen molar-refractivity contribution in [3.8, 4) is 0 Å². The van der Waals surface area contributed by atoms with Gasteiger partial charge in [0.25, 0.3) is 10.1 Å². The van der Waals surface area contributed by atoms with E-state index in [0.29, 0.717) is 25.2 Å². The van der Waals surface area contributed by atoms with Gasteiger partial charge in [0, 0.05) is 19.3 Å². The third kappa shape index (κ3) is 3.81. The van der Waals surface area contributed by atoms with Crippen LogP contribution in [-0.2, 0) is 23.2 Å². The number of rotatable bonds is 5. The Morgan fingerprint density at radius 1 is 1.57 bits per heavy atom. The average Bonchev–Trinajstić information content (AvgIpc) is 2.50. The molecule has 80 valence electrons. The first-order valence-corrected chi connectivity index (χ1v) is 5.66. The minimum Gasteiger partial charge on any atom is -0.325 e. The summed E-state index contributed by atoms with van der Waals surface area (Å²) in [5.74, 6) is -0.273. The first-order valence-electron chi connectivity index (χ1n) is 4.05. The molecule has 0 aliphatic rings. The number of aryl methyl sites for hydroxylation is 1. The molecule has 0 saturated carbocycles. The molecular formula is C6H12N4O3S. The molecule has 14 heavy (non-hydrogen) atoms. The van der Waals surface area contributed by atoms with E-state index < -0.39 is 10.1 Å². The van der Waals surface area contributed by atoms with E-state index in [4.69, 9.17) is 10.3 Å². The van der Waals surface area contributed by atoms with Crippen molar-refractivity contribution in [1.82, 2.24) is 15.0 Å². The normalized spacial score (nSPS) is 11.9. The van der Waals surface area contributed by atoms with E-state index in [1.165, 1.54) is 4.68 Å².